The molecule has 0 radical (unpaired) electrons. The Bertz CT molecular complexity index is 480. The van der Waals surface area contributed by atoms with Crippen LogP contribution in [-0.2, 0) is 0 Å². The van der Waals surface area contributed by atoms with Crippen molar-refractivity contribution in [2.75, 3.05) is 32.5 Å². The lowest BCUT2D eigenvalue weighted by atomic mass is 10.4. The summed E-state index contributed by atoms with van der Waals surface area (Å²) < 4.78 is 0.533. The summed E-state index contributed by atoms with van der Waals surface area (Å²) in [5, 5.41) is 16.3. The third-order valence-corrected chi connectivity index (χ3v) is 2.56. The molecule has 1 aromatic heterocycles. The molecule has 1 rings (SSSR count). The molecule has 0 fully saturated rings. The van der Waals surface area contributed by atoms with Crippen molar-refractivity contribution in [1.82, 2.24) is 15.2 Å². The number of carbonyl (C=O) groups excluding carboxylic acids is 1. The van der Waals surface area contributed by atoms with E-state index in [0.29, 0.717) is 17.6 Å². The lowest BCUT2D eigenvalue weighted by molar-refractivity contribution is -0.384. The number of carbonyl (C=O) groups is 1. The Hall–Kier alpha value is -1.90. The van der Waals surface area contributed by atoms with Gasteiger partial charge in [0.05, 0.1) is 4.92 Å². The molecule has 0 aliphatic rings. The zero-order chi connectivity index (χ0) is 14.4. The number of urea groups is 1. The minimum absolute atomic E-state index is 0.117. The van der Waals surface area contributed by atoms with Gasteiger partial charge in [0, 0.05) is 43.9 Å². The van der Waals surface area contributed by atoms with Crippen molar-refractivity contribution in [3.05, 3.63) is 26.9 Å². The number of hydrogen-bond donors (Lipinski definition) is 2. The SMILES string of the molecule is CN(C)C(=O)NCCNc1ncc(Br)cc1[N+](=O)[O-]. The monoisotopic (exact) mass is 331 g/mol. The maximum absolute atomic E-state index is 11.2. The molecule has 0 aliphatic heterocycles. The molecule has 1 aromatic rings. The summed E-state index contributed by atoms with van der Waals surface area (Å²) in [5.41, 5.74) is -0.117. The molecule has 0 atom stereocenters. The van der Waals surface area contributed by atoms with Gasteiger partial charge in [-0.25, -0.2) is 9.78 Å². The van der Waals surface area contributed by atoms with Crippen LogP contribution < -0.4 is 10.6 Å². The third kappa shape index (κ3) is 4.70. The second-order valence-corrected chi connectivity index (χ2v) is 4.75. The fraction of sp³-hybridized carbons (Fsp3) is 0.400. The number of amides is 2. The highest BCUT2D eigenvalue weighted by molar-refractivity contribution is 9.10. The van der Waals surface area contributed by atoms with Gasteiger partial charge in [0.15, 0.2) is 0 Å². The summed E-state index contributed by atoms with van der Waals surface area (Å²) in [6, 6.07) is 1.15. The predicted octanol–water partition coefficient (Wildman–Crippen LogP) is 1.44. The number of pyridine rings is 1. The molecular weight excluding hydrogens is 318 g/mol. The van der Waals surface area contributed by atoms with Gasteiger partial charge in [-0.1, -0.05) is 0 Å². The maximum Gasteiger partial charge on any atom is 0.316 e. The van der Waals surface area contributed by atoms with E-state index in [2.05, 4.69) is 31.5 Å². The van der Waals surface area contributed by atoms with E-state index in [1.165, 1.54) is 17.2 Å². The number of nitro groups is 1. The lowest BCUT2D eigenvalue weighted by Crippen LogP contribution is -2.37. The smallest absolute Gasteiger partial charge is 0.316 e. The zero-order valence-corrected chi connectivity index (χ0v) is 12.1. The van der Waals surface area contributed by atoms with E-state index in [9.17, 15) is 14.9 Å². The number of aromatic nitrogens is 1. The van der Waals surface area contributed by atoms with Crippen molar-refractivity contribution < 1.29 is 9.72 Å². The van der Waals surface area contributed by atoms with Crippen molar-refractivity contribution in [2.45, 2.75) is 0 Å². The molecule has 19 heavy (non-hydrogen) atoms. The third-order valence-electron chi connectivity index (χ3n) is 2.13. The summed E-state index contributed by atoms with van der Waals surface area (Å²) in [5.74, 6) is 0.173. The summed E-state index contributed by atoms with van der Waals surface area (Å²) in [4.78, 5) is 26.9. The molecule has 9 heteroatoms. The second kappa shape index (κ2) is 6.88. The van der Waals surface area contributed by atoms with E-state index >= 15 is 0 Å². The Kier molecular flexibility index (Phi) is 5.49. The van der Waals surface area contributed by atoms with Crippen LogP contribution in [0.25, 0.3) is 0 Å². The van der Waals surface area contributed by atoms with Gasteiger partial charge in [-0.15, -0.1) is 0 Å². The van der Waals surface area contributed by atoms with Gasteiger partial charge in [-0.2, -0.15) is 0 Å². The standard InChI is InChI=1S/C10H14BrN5O3/c1-15(2)10(17)13-4-3-12-9-8(16(18)19)5-7(11)6-14-9/h5-6H,3-4H2,1-2H3,(H,12,14)(H,13,17). The fourth-order valence-corrected chi connectivity index (χ4v) is 1.53. The Morgan fingerprint density at radius 2 is 2.21 bits per heavy atom. The van der Waals surface area contributed by atoms with Crippen molar-refractivity contribution >= 4 is 33.5 Å². The molecule has 0 saturated carbocycles. The molecule has 104 valence electrons. The summed E-state index contributed by atoms with van der Waals surface area (Å²) >= 11 is 3.12. The van der Waals surface area contributed by atoms with Gasteiger partial charge in [0.2, 0.25) is 5.82 Å². The van der Waals surface area contributed by atoms with E-state index in [1.807, 2.05) is 0 Å². The normalized spacial score (nSPS) is 9.84. The van der Waals surface area contributed by atoms with E-state index in [4.69, 9.17) is 0 Å². The summed E-state index contributed by atoms with van der Waals surface area (Å²) in [6.07, 6.45) is 1.47. The fourth-order valence-electron chi connectivity index (χ4n) is 1.21. The average molecular weight is 332 g/mol. The topological polar surface area (TPSA) is 100 Å². The first-order valence-corrected chi connectivity index (χ1v) is 6.20. The van der Waals surface area contributed by atoms with Gasteiger partial charge in [0.25, 0.3) is 0 Å². The Labute approximate surface area is 118 Å². The van der Waals surface area contributed by atoms with Crippen LogP contribution in [-0.4, -0.2) is 48.0 Å². The average Bonchev–Trinajstić information content (AvgIpc) is 2.35. The van der Waals surface area contributed by atoms with Crippen LogP contribution in [0.4, 0.5) is 16.3 Å². The number of anilines is 1. The summed E-state index contributed by atoms with van der Waals surface area (Å²) in [6.45, 7) is 0.682. The van der Waals surface area contributed by atoms with E-state index in [0.717, 1.165) is 0 Å². The molecule has 2 amide bonds. The van der Waals surface area contributed by atoms with Gasteiger partial charge < -0.3 is 15.5 Å². The van der Waals surface area contributed by atoms with Crippen LogP contribution in [0.15, 0.2) is 16.7 Å². The first-order valence-electron chi connectivity index (χ1n) is 5.40. The van der Waals surface area contributed by atoms with Crippen LogP contribution in [0, 0.1) is 10.1 Å². The van der Waals surface area contributed by atoms with Crippen molar-refractivity contribution in [2.24, 2.45) is 0 Å². The molecule has 8 nitrogen and oxygen atoms in total. The van der Waals surface area contributed by atoms with Crippen LogP contribution in [0.1, 0.15) is 0 Å². The molecule has 0 saturated heterocycles. The molecule has 0 aliphatic carbocycles. The first-order chi connectivity index (χ1) is 8.91. The molecule has 1 heterocycles. The Balaban J connectivity index is 2.54. The molecule has 2 N–H and O–H groups in total. The Morgan fingerprint density at radius 1 is 1.53 bits per heavy atom. The van der Waals surface area contributed by atoms with E-state index in [1.54, 1.807) is 14.1 Å². The number of rotatable bonds is 5. The minimum Gasteiger partial charge on any atom is -0.363 e. The van der Waals surface area contributed by atoms with Crippen molar-refractivity contribution in [1.29, 1.82) is 0 Å². The van der Waals surface area contributed by atoms with Crippen LogP contribution in [0.2, 0.25) is 0 Å². The van der Waals surface area contributed by atoms with Gasteiger partial charge >= 0.3 is 11.7 Å². The predicted molar refractivity (Wildman–Crippen MR) is 74.2 cm³/mol. The van der Waals surface area contributed by atoms with Crippen molar-refractivity contribution in [3.63, 3.8) is 0 Å². The maximum atomic E-state index is 11.2. The summed E-state index contributed by atoms with van der Waals surface area (Å²) in [7, 11) is 3.26. The number of hydrogen-bond acceptors (Lipinski definition) is 5. The molecule has 0 spiro atoms. The first kappa shape index (κ1) is 15.2. The molecule has 0 unspecified atom stereocenters. The quantitative estimate of drug-likeness (QED) is 0.483. The second-order valence-electron chi connectivity index (χ2n) is 3.83. The molecular formula is C10H14BrN5O3. The highest BCUT2D eigenvalue weighted by atomic mass is 79.9. The van der Waals surface area contributed by atoms with Gasteiger partial charge in [-0.3, -0.25) is 10.1 Å². The number of nitrogens with one attached hydrogen (secondary N) is 2. The van der Waals surface area contributed by atoms with E-state index < -0.39 is 4.92 Å². The van der Waals surface area contributed by atoms with Crippen molar-refractivity contribution in [3.8, 4) is 0 Å². The number of nitrogens with zero attached hydrogens (tertiary/aromatic N) is 3. The molecule has 0 aromatic carbocycles. The van der Waals surface area contributed by atoms with Gasteiger partial charge in [-0.05, 0) is 15.9 Å². The number of halogens is 1. The highest BCUT2D eigenvalue weighted by Crippen LogP contribution is 2.24. The van der Waals surface area contributed by atoms with Gasteiger partial charge in [0.1, 0.15) is 0 Å². The zero-order valence-electron chi connectivity index (χ0n) is 10.5. The van der Waals surface area contributed by atoms with Crippen LogP contribution >= 0.6 is 15.9 Å². The van der Waals surface area contributed by atoms with Crippen LogP contribution in [0.3, 0.4) is 0 Å². The Morgan fingerprint density at radius 3 is 2.79 bits per heavy atom. The molecule has 0 bridgehead atoms. The van der Waals surface area contributed by atoms with E-state index in [-0.39, 0.29) is 17.5 Å². The minimum atomic E-state index is -0.515. The van der Waals surface area contributed by atoms with Crippen LogP contribution in [0.5, 0.6) is 0 Å². The largest absolute Gasteiger partial charge is 0.363 e. The highest BCUT2D eigenvalue weighted by Gasteiger charge is 2.15. The lowest BCUT2D eigenvalue weighted by Gasteiger charge is -2.12.